The fourth-order valence-corrected chi connectivity index (χ4v) is 2.14. The molecular weight excluding hydrogens is 285 g/mol. The average Bonchev–Trinajstić information content (AvgIpc) is 2.42. The molecule has 1 aromatic rings. The number of ether oxygens (including phenoxy) is 1. The largest absolute Gasteiger partial charge is 0.481 e. The van der Waals surface area contributed by atoms with Crippen molar-refractivity contribution in [1.29, 1.82) is 0 Å². The molecule has 0 amide bonds. The van der Waals surface area contributed by atoms with Gasteiger partial charge in [-0.3, -0.25) is 4.90 Å². The molecule has 1 fully saturated rings. The van der Waals surface area contributed by atoms with Gasteiger partial charge in [-0.2, -0.15) is 0 Å². The Balaban J connectivity index is 0.00000162. The van der Waals surface area contributed by atoms with Crippen LogP contribution >= 0.6 is 24.8 Å². The molecular formula is C13H21Cl2N3O. The normalized spacial score (nSPS) is 16.7. The third-order valence-electron chi connectivity index (χ3n) is 3.08. The Bertz CT molecular complexity index is 367. The molecule has 0 saturated carbocycles. The number of pyridine rings is 1. The number of hydrogen-bond donors (Lipinski definition) is 1. The van der Waals surface area contributed by atoms with Gasteiger partial charge >= 0.3 is 0 Å². The van der Waals surface area contributed by atoms with Crippen LogP contribution in [-0.4, -0.2) is 43.2 Å². The van der Waals surface area contributed by atoms with Crippen molar-refractivity contribution in [2.75, 3.05) is 33.3 Å². The van der Waals surface area contributed by atoms with Crippen LogP contribution in [0.3, 0.4) is 0 Å². The van der Waals surface area contributed by atoms with Gasteiger partial charge in [-0.1, -0.05) is 12.1 Å². The van der Waals surface area contributed by atoms with Crippen molar-refractivity contribution in [3.05, 3.63) is 36.5 Å². The summed E-state index contributed by atoms with van der Waals surface area (Å²) in [5.74, 6) is 0.650. The third-order valence-corrected chi connectivity index (χ3v) is 3.08. The van der Waals surface area contributed by atoms with E-state index in [2.05, 4.69) is 27.8 Å². The van der Waals surface area contributed by atoms with Crippen molar-refractivity contribution >= 4 is 24.8 Å². The highest BCUT2D eigenvalue weighted by atomic mass is 35.5. The van der Waals surface area contributed by atoms with Crippen molar-refractivity contribution in [2.24, 2.45) is 0 Å². The van der Waals surface area contributed by atoms with Crippen LogP contribution in [0.4, 0.5) is 0 Å². The summed E-state index contributed by atoms with van der Waals surface area (Å²) in [6, 6.07) is 4.20. The van der Waals surface area contributed by atoms with Crippen LogP contribution in [0.25, 0.3) is 0 Å². The van der Waals surface area contributed by atoms with Crippen LogP contribution in [0.5, 0.6) is 5.88 Å². The Kier molecular flexibility index (Phi) is 8.76. The molecule has 1 N–H and O–H groups in total. The van der Waals surface area contributed by atoms with E-state index in [1.54, 1.807) is 7.11 Å². The maximum absolute atomic E-state index is 5.07. The van der Waals surface area contributed by atoms with Crippen molar-refractivity contribution in [3.63, 3.8) is 0 Å². The fraction of sp³-hybridized carbons (Fsp3) is 0.462. The standard InChI is InChI=1S/C13H19N3O.2ClH/c1-3-12(16-8-6-14-7-9-16)11-4-5-13(17-2)15-10-11;;/h3-5,10,12,14H,1,6-9H2,2H3;2*1H/t12-;;/m1../s1. The number of piperazine rings is 1. The zero-order chi connectivity index (χ0) is 12.1. The first-order valence-electron chi connectivity index (χ1n) is 5.92. The topological polar surface area (TPSA) is 37.4 Å². The van der Waals surface area contributed by atoms with Crippen LogP contribution in [0.1, 0.15) is 11.6 Å². The highest BCUT2D eigenvalue weighted by Gasteiger charge is 2.19. The highest BCUT2D eigenvalue weighted by Crippen LogP contribution is 2.22. The lowest BCUT2D eigenvalue weighted by atomic mass is 10.1. The van der Waals surface area contributed by atoms with Gasteiger partial charge in [0.15, 0.2) is 0 Å². The number of rotatable bonds is 4. The molecule has 2 heterocycles. The van der Waals surface area contributed by atoms with E-state index in [9.17, 15) is 0 Å². The first-order valence-corrected chi connectivity index (χ1v) is 5.92. The van der Waals surface area contributed by atoms with Crippen molar-refractivity contribution in [3.8, 4) is 5.88 Å². The predicted molar refractivity (Wildman–Crippen MR) is 82.7 cm³/mol. The van der Waals surface area contributed by atoms with E-state index in [0.29, 0.717) is 5.88 Å². The molecule has 1 aromatic heterocycles. The van der Waals surface area contributed by atoms with E-state index in [1.165, 1.54) is 5.56 Å². The molecule has 108 valence electrons. The van der Waals surface area contributed by atoms with Crippen molar-refractivity contribution < 1.29 is 4.74 Å². The monoisotopic (exact) mass is 305 g/mol. The maximum Gasteiger partial charge on any atom is 0.212 e. The van der Waals surface area contributed by atoms with E-state index < -0.39 is 0 Å². The second-order valence-electron chi connectivity index (χ2n) is 4.10. The molecule has 2 rings (SSSR count). The SMILES string of the molecule is C=C[C@H](c1ccc(OC)nc1)N1CCNCC1.Cl.Cl. The molecule has 0 radical (unpaired) electrons. The summed E-state index contributed by atoms with van der Waals surface area (Å²) in [4.78, 5) is 6.66. The number of aromatic nitrogens is 1. The molecule has 6 heteroatoms. The summed E-state index contributed by atoms with van der Waals surface area (Å²) >= 11 is 0. The Hall–Kier alpha value is -0.810. The first kappa shape index (κ1) is 18.2. The van der Waals surface area contributed by atoms with E-state index in [-0.39, 0.29) is 30.9 Å². The Morgan fingerprint density at radius 2 is 2.05 bits per heavy atom. The van der Waals surface area contributed by atoms with Crippen LogP contribution in [0.2, 0.25) is 0 Å². The van der Waals surface area contributed by atoms with Crippen molar-refractivity contribution in [2.45, 2.75) is 6.04 Å². The predicted octanol–water partition coefficient (Wildman–Crippen LogP) is 2.07. The Morgan fingerprint density at radius 1 is 1.37 bits per heavy atom. The summed E-state index contributed by atoms with van der Waals surface area (Å²) in [7, 11) is 1.63. The summed E-state index contributed by atoms with van der Waals surface area (Å²) in [6.07, 6.45) is 3.85. The minimum Gasteiger partial charge on any atom is -0.481 e. The Labute approximate surface area is 127 Å². The molecule has 0 unspecified atom stereocenters. The quantitative estimate of drug-likeness (QED) is 0.864. The minimum absolute atomic E-state index is 0. The summed E-state index contributed by atoms with van der Waals surface area (Å²) < 4.78 is 5.07. The van der Waals surface area contributed by atoms with Gasteiger partial charge in [0.2, 0.25) is 5.88 Å². The molecule has 19 heavy (non-hydrogen) atoms. The van der Waals surface area contributed by atoms with Crippen LogP contribution in [0, 0.1) is 0 Å². The molecule has 1 aliphatic rings. The molecule has 1 saturated heterocycles. The smallest absolute Gasteiger partial charge is 0.212 e. The molecule has 4 nitrogen and oxygen atoms in total. The van der Waals surface area contributed by atoms with Crippen LogP contribution in [0.15, 0.2) is 31.0 Å². The van der Waals surface area contributed by atoms with Gasteiger partial charge in [-0.05, 0) is 5.56 Å². The molecule has 0 bridgehead atoms. The minimum atomic E-state index is 0. The number of nitrogens with zero attached hydrogens (tertiary/aromatic N) is 2. The molecule has 0 spiro atoms. The average molecular weight is 306 g/mol. The number of halogens is 2. The summed E-state index contributed by atoms with van der Waals surface area (Å²) in [6.45, 7) is 8.09. The lowest BCUT2D eigenvalue weighted by Gasteiger charge is -2.33. The lowest BCUT2D eigenvalue weighted by Crippen LogP contribution is -2.44. The summed E-state index contributed by atoms with van der Waals surface area (Å²) in [5, 5.41) is 3.35. The van der Waals surface area contributed by atoms with Gasteiger partial charge < -0.3 is 10.1 Å². The fourth-order valence-electron chi connectivity index (χ4n) is 2.14. The van der Waals surface area contributed by atoms with Gasteiger partial charge in [0.1, 0.15) is 0 Å². The van der Waals surface area contributed by atoms with E-state index in [0.717, 1.165) is 26.2 Å². The zero-order valence-electron chi connectivity index (χ0n) is 11.0. The van der Waals surface area contributed by atoms with Gasteiger partial charge in [-0.15, -0.1) is 31.4 Å². The van der Waals surface area contributed by atoms with E-state index in [4.69, 9.17) is 4.74 Å². The van der Waals surface area contributed by atoms with E-state index in [1.807, 2.05) is 18.3 Å². The molecule has 1 aliphatic heterocycles. The third kappa shape index (κ3) is 4.66. The van der Waals surface area contributed by atoms with Gasteiger partial charge in [-0.25, -0.2) is 4.98 Å². The van der Waals surface area contributed by atoms with Crippen LogP contribution < -0.4 is 10.1 Å². The first-order chi connectivity index (χ1) is 8.35. The lowest BCUT2D eigenvalue weighted by molar-refractivity contribution is 0.203. The Morgan fingerprint density at radius 3 is 2.53 bits per heavy atom. The molecule has 0 aliphatic carbocycles. The van der Waals surface area contributed by atoms with Gasteiger partial charge in [0.25, 0.3) is 0 Å². The van der Waals surface area contributed by atoms with Gasteiger partial charge in [0.05, 0.1) is 13.2 Å². The number of hydrogen-bond acceptors (Lipinski definition) is 4. The molecule has 1 atom stereocenters. The summed E-state index contributed by atoms with van der Waals surface area (Å²) in [5.41, 5.74) is 1.17. The van der Waals surface area contributed by atoms with Crippen LogP contribution in [-0.2, 0) is 0 Å². The highest BCUT2D eigenvalue weighted by molar-refractivity contribution is 5.85. The van der Waals surface area contributed by atoms with E-state index >= 15 is 0 Å². The zero-order valence-corrected chi connectivity index (χ0v) is 12.7. The maximum atomic E-state index is 5.07. The van der Waals surface area contributed by atoms with Gasteiger partial charge in [0, 0.05) is 38.4 Å². The number of methoxy groups -OCH3 is 1. The molecule has 0 aromatic carbocycles. The van der Waals surface area contributed by atoms with Crippen molar-refractivity contribution in [1.82, 2.24) is 15.2 Å². The second kappa shape index (κ2) is 9.15. The number of nitrogens with one attached hydrogen (secondary N) is 1. The second-order valence-corrected chi connectivity index (χ2v) is 4.10.